The minimum Gasteiger partial charge on any atom is -0.488 e. The van der Waals surface area contributed by atoms with Crippen molar-refractivity contribution in [2.24, 2.45) is 0 Å². The number of rotatable bonds is 2. The van der Waals surface area contributed by atoms with Crippen LogP contribution in [0, 0.1) is 0 Å². The van der Waals surface area contributed by atoms with Gasteiger partial charge < -0.3 is 10.5 Å². The van der Waals surface area contributed by atoms with Gasteiger partial charge in [-0.2, -0.15) is 0 Å². The van der Waals surface area contributed by atoms with Crippen LogP contribution in [0.2, 0.25) is 0 Å². The number of fused-ring (bicyclic) bond motifs is 2. The van der Waals surface area contributed by atoms with Crippen LogP contribution in [0.3, 0.4) is 0 Å². The van der Waals surface area contributed by atoms with Crippen molar-refractivity contribution in [3.05, 3.63) is 59.2 Å². The van der Waals surface area contributed by atoms with Crippen molar-refractivity contribution in [2.45, 2.75) is 25.5 Å². The Morgan fingerprint density at radius 1 is 1.10 bits per heavy atom. The van der Waals surface area contributed by atoms with E-state index >= 15 is 0 Å². The lowest BCUT2D eigenvalue weighted by Crippen LogP contribution is -2.38. The highest BCUT2D eigenvalue weighted by Gasteiger charge is 2.26. The third-order valence-corrected chi connectivity index (χ3v) is 4.56. The summed E-state index contributed by atoms with van der Waals surface area (Å²) in [7, 11) is 0. The van der Waals surface area contributed by atoms with E-state index < -0.39 is 0 Å². The average Bonchev–Trinajstić information content (AvgIpc) is 2.90. The van der Waals surface area contributed by atoms with Gasteiger partial charge in [0.25, 0.3) is 0 Å². The predicted octanol–water partition coefficient (Wildman–Crippen LogP) is 2.63. The van der Waals surface area contributed by atoms with Crippen molar-refractivity contribution in [2.75, 3.05) is 18.8 Å². The van der Waals surface area contributed by atoms with Crippen LogP contribution in [-0.2, 0) is 19.4 Å². The molecule has 0 amide bonds. The number of hydrogen-bond donors (Lipinski definition) is 1. The fraction of sp³-hybridized carbons (Fsp3) is 0.333. The highest BCUT2D eigenvalue weighted by Crippen LogP contribution is 2.30. The first-order valence-electron chi connectivity index (χ1n) is 7.63. The van der Waals surface area contributed by atoms with E-state index in [1.54, 1.807) is 0 Å². The van der Waals surface area contributed by atoms with E-state index in [-0.39, 0.29) is 6.10 Å². The van der Waals surface area contributed by atoms with Crippen molar-refractivity contribution >= 4 is 5.69 Å². The Bertz CT molecular complexity index is 643. The molecule has 0 bridgehead atoms. The van der Waals surface area contributed by atoms with Gasteiger partial charge in [0.05, 0.1) is 0 Å². The first-order chi connectivity index (χ1) is 10.3. The standard InChI is InChI=1S/C18H20N2O/c19-17-6-3-5-13-8-9-20(12-16(13)17)11-15-10-14-4-1-2-7-18(14)21-15/h1-7,15H,8-12,19H2. The number of para-hydroxylation sites is 1. The quantitative estimate of drug-likeness (QED) is 0.859. The van der Waals surface area contributed by atoms with Gasteiger partial charge in [-0.15, -0.1) is 0 Å². The molecule has 1 atom stereocenters. The Morgan fingerprint density at radius 3 is 2.86 bits per heavy atom. The van der Waals surface area contributed by atoms with E-state index in [4.69, 9.17) is 10.5 Å². The zero-order chi connectivity index (χ0) is 14.2. The molecule has 1 unspecified atom stereocenters. The van der Waals surface area contributed by atoms with Crippen LogP contribution in [0.15, 0.2) is 42.5 Å². The fourth-order valence-electron chi connectivity index (χ4n) is 3.46. The number of ether oxygens (including phenoxy) is 1. The van der Waals surface area contributed by atoms with Gasteiger partial charge in [-0.1, -0.05) is 30.3 Å². The van der Waals surface area contributed by atoms with Crippen molar-refractivity contribution in [3.63, 3.8) is 0 Å². The summed E-state index contributed by atoms with van der Waals surface area (Å²) in [4.78, 5) is 2.47. The largest absolute Gasteiger partial charge is 0.488 e. The topological polar surface area (TPSA) is 38.5 Å². The van der Waals surface area contributed by atoms with E-state index in [2.05, 4.69) is 35.2 Å². The summed E-state index contributed by atoms with van der Waals surface area (Å²) < 4.78 is 6.05. The number of hydrogen-bond acceptors (Lipinski definition) is 3. The third-order valence-electron chi connectivity index (χ3n) is 4.56. The van der Waals surface area contributed by atoms with Gasteiger partial charge in [-0.25, -0.2) is 0 Å². The maximum absolute atomic E-state index is 6.12. The minimum atomic E-state index is 0.272. The molecule has 0 radical (unpaired) electrons. The Morgan fingerprint density at radius 2 is 1.95 bits per heavy atom. The van der Waals surface area contributed by atoms with Crippen LogP contribution in [-0.4, -0.2) is 24.1 Å². The van der Waals surface area contributed by atoms with Gasteiger partial charge in [0, 0.05) is 31.7 Å². The second kappa shape index (κ2) is 5.08. The van der Waals surface area contributed by atoms with Gasteiger partial charge in [-0.3, -0.25) is 4.90 Å². The van der Waals surface area contributed by atoms with Crippen LogP contribution in [0.5, 0.6) is 5.75 Å². The van der Waals surface area contributed by atoms with Crippen LogP contribution in [0.4, 0.5) is 5.69 Å². The van der Waals surface area contributed by atoms with Crippen LogP contribution in [0.1, 0.15) is 16.7 Å². The molecular weight excluding hydrogens is 260 g/mol. The molecule has 3 heteroatoms. The van der Waals surface area contributed by atoms with E-state index in [1.165, 1.54) is 16.7 Å². The van der Waals surface area contributed by atoms with Gasteiger partial charge in [0.1, 0.15) is 11.9 Å². The van der Waals surface area contributed by atoms with Gasteiger partial charge in [-0.05, 0) is 35.2 Å². The first kappa shape index (κ1) is 12.7. The summed E-state index contributed by atoms with van der Waals surface area (Å²) in [5.74, 6) is 1.06. The maximum Gasteiger partial charge on any atom is 0.123 e. The summed E-state index contributed by atoms with van der Waals surface area (Å²) in [5, 5.41) is 0. The molecule has 0 saturated heterocycles. The first-order valence-corrected chi connectivity index (χ1v) is 7.63. The molecule has 0 aliphatic carbocycles. The Balaban J connectivity index is 1.45. The van der Waals surface area contributed by atoms with E-state index in [1.807, 2.05) is 12.1 Å². The molecule has 3 nitrogen and oxygen atoms in total. The van der Waals surface area contributed by atoms with Gasteiger partial charge in [0.2, 0.25) is 0 Å². The molecule has 0 spiro atoms. The smallest absolute Gasteiger partial charge is 0.123 e. The average molecular weight is 280 g/mol. The number of nitrogens with two attached hydrogens (primary N) is 1. The molecule has 2 aliphatic rings. The SMILES string of the molecule is Nc1cccc2c1CN(CC1Cc3ccccc3O1)CC2. The molecule has 2 aromatic rings. The second-order valence-electron chi connectivity index (χ2n) is 6.02. The van der Waals surface area contributed by atoms with Crippen molar-refractivity contribution in [1.82, 2.24) is 4.90 Å². The van der Waals surface area contributed by atoms with Gasteiger partial charge in [0.15, 0.2) is 0 Å². The molecule has 2 N–H and O–H groups in total. The van der Waals surface area contributed by atoms with Crippen LogP contribution >= 0.6 is 0 Å². The molecule has 21 heavy (non-hydrogen) atoms. The summed E-state index contributed by atoms with van der Waals surface area (Å²) in [6.07, 6.45) is 2.37. The highest BCUT2D eigenvalue weighted by molar-refractivity contribution is 5.51. The third kappa shape index (κ3) is 2.38. The van der Waals surface area contributed by atoms with Crippen molar-refractivity contribution < 1.29 is 4.74 Å². The molecule has 0 fully saturated rings. The van der Waals surface area contributed by atoms with Crippen LogP contribution in [0.25, 0.3) is 0 Å². The van der Waals surface area contributed by atoms with E-state index in [0.29, 0.717) is 0 Å². The molecular formula is C18H20N2O. The number of nitrogen functional groups attached to an aromatic ring is 1. The zero-order valence-electron chi connectivity index (χ0n) is 12.1. The maximum atomic E-state index is 6.12. The zero-order valence-corrected chi connectivity index (χ0v) is 12.1. The van der Waals surface area contributed by atoms with Crippen LogP contribution < -0.4 is 10.5 Å². The summed E-state index contributed by atoms with van der Waals surface area (Å²) >= 11 is 0. The molecule has 108 valence electrons. The lowest BCUT2D eigenvalue weighted by atomic mass is 9.97. The molecule has 2 aromatic carbocycles. The molecule has 0 saturated carbocycles. The highest BCUT2D eigenvalue weighted by atomic mass is 16.5. The Hall–Kier alpha value is -2.00. The second-order valence-corrected chi connectivity index (χ2v) is 6.02. The normalized spacial score (nSPS) is 20.7. The predicted molar refractivity (Wildman–Crippen MR) is 84.4 cm³/mol. The minimum absolute atomic E-state index is 0.272. The Labute approximate surface area is 125 Å². The number of benzene rings is 2. The number of nitrogens with zero attached hydrogens (tertiary/aromatic N) is 1. The molecule has 2 aliphatic heterocycles. The molecule has 2 heterocycles. The molecule has 4 rings (SSSR count). The summed E-state index contributed by atoms with van der Waals surface area (Å²) in [5.41, 5.74) is 11.1. The van der Waals surface area contributed by atoms with Gasteiger partial charge >= 0.3 is 0 Å². The lowest BCUT2D eigenvalue weighted by Gasteiger charge is -2.31. The van der Waals surface area contributed by atoms with Crippen molar-refractivity contribution in [1.29, 1.82) is 0 Å². The summed E-state index contributed by atoms with van der Waals surface area (Å²) in [6, 6.07) is 14.6. The van der Waals surface area contributed by atoms with E-state index in [0.717, 1.165) is 43.9 Å². The monoisotopic (exact) mass is 280 g/mol. The van der Waals surface area contributed by atoms with E-state index in [9.17, 15) is 0 Å². The molecule has 0 aromatic heterocycles. The lowest BCUT2D eigenvalue weighted by molar-refractivity contribution is 0.141. The van der Waals surface area contributed by atoms with Crippen molar-refractivity contribution in [3.8, 4) is 5.75 Å². The fourth-order valence-corrected chi connectivity index (χ4v) is 3.46. The Kier molecular flexibility index (Phi) is 3.08. The summed E-state index contributed by atoms with van der Waals surface area (Å²) in [6.45, 7) is 3.01. The number of anilines is 1.